The number of carbonyl (C=O) groups excluding carboxylic acids is 1. The molecule has 0 aliphatic rings. The van der Waals surface area contributed by atoms with E-state index in [-0.39, 0.29) is 5.91 Å². The number of hydrogen-bond donors (Lipinski definition) is 2. The van der Waals surface area contributed by atoms with Crippen molar-refractivity contribution in [2.24, 2.45) is 0 Å². The second-order valence-corrected chi connectivity index (χ2v) is 7.71. The molecule has 1 aromatic carbocycles. The standard InChI is InChI=1S/C17H19BrN2OS/c1-3-10-20(11-14-8-9-16(18)22-14)12-17(21)19-15-7-5-4-6-13(15)2/h3-9H,1,10-12H2,2H3,(H,19,21)/p+1. The first kappa shape index (κ1) is 16.9. The molecule has 1 amide bonds. The van der Waals surface area contributed by atoms with E-state index < -0.39 is 0 Å². The highest BCUT2D eigenvalue weighted by Gasteiger charge is 2.15. The Bertz CT molecular complexity index is 654. The second-order valence-electron chi connectivity index (χ2n) is 5.17. The van der Waals surface area contributed by atoms with Gasteiger partial charge in [0.25, 0.3) is 5.91 Å². The fourth-order valence-corrected chi connectivity index (χ4v) is 3.79. The molecule has 2 N–H and O–H groups in total. The third kappa shape index (κ3) is 5.09. The van der Waals surface area contributed by atoms with Crippen molar-refractivity contribution < 1.29 is 9.69 Å². The number of anilines is 1. The largest absolute Gasteiger partial charge is 0.321 e. The molecule has 2 rings (SSSR count). The lowest BCUT2D eigenvalue weighted by Gasteiger charge is -2.17. The predicted octanol–water partition coefficient (Wildman–Crippen LogP) is 3.03. The van der Waals surface area contributed by atoms with Crippen molar-refractivity contribution in [3.63, 3.8) is 0 Å². The summed E-state index contributed by atoms with van der Waals surface area (Å²) in [5.41, 5.74) is 1.95. The molecule has 0 saturated heterocycles. The molecule has 0 aliphatic heterocycles. The maximum atomic E-state index is 12.3. The van der Waals surface area contributed by atoms with Crippen molar-refractivity contribution in [1.29, 1.82) is 0 Å². The summed E-state index contributed by atoms with van der Waals surface area (Å²) in [5, 5.41) is 2.99. The van der Waals surface area contributed by atoms with E-state index in [1.165, 1.54) is 9.78 Å². The zero-order valence-corrected chi connectivity index (χ0v) is 15.0. The molecule has 0 radical (unpaired) electrons. The van der Waals surface area contributed by atoms with Gasteiger partial charge in [-0.15, -0.1) is 11.3 Å². The highest BCUT2D eigenvalue weighted by Crippen LogP contribution is 2.21. The molecular formula is C17H20BrN2OS+. The molecule has 0 saturated carbocycles. The first-order valence-electron chi connectivity index (χ1n) is 7.12. The van der Waals surface area contributed by atoms with Crippen LogP contribution in [0.4, 0.5) is 5.69 Å². The molecule has 1 aromatic heterocycles. The Morgan fingerprint density at radius 2 is 2.14 bits per heavy atom. The number of aryl methyl sites for hydroxylation is 1. The first-order valence-corrected chi connectivity index (χ1v) is 8.73. The number of quaternary nitrogens is 1. The second kappa shape index (κ2) is 8.27. The van der Waals surface area contributed by atoms with Crippen molar-refractivity contribution in [2.75, 3.05) is 18.4 Å². The van der Waals surface area contributed by atoms with Crippen molar-refractivity contribution in [3.8, 4) is 0 Å². The molecule has 1 atom stereocenters. The summed E-state index contributed by atoms with van der Waals surface area (Å²) in [6.07, 6.45) is 1.86. The van der Waals surface area contributed by atoms with Crippen molar-refractivity contribution in [2.45, 2.75) is 13.5 Å². The number of halogens is 1. The van der Waals surface area contributed by atoms with Gasteiger partial charge in [-0.05, 0) is 52.7 Å². The van der Waals surface area contributed by atoms with E-state index in [9.17, 15) is 4.79 Å². The molecule has 0 aliphatic carbocycles. The number of para-hydroxylation sites is 1. The minimum Gasteiger partial charge on any atom is -0.321 e. The minimum absolute atomic E-state index is 0.0294. The highest BCUT2D eigenvalue weighted by molar-refractivity contribution is 9.11. The summed E-state index contributed by atoms with van der Waals surface area (Å²) < 4.78 is 1.12. The number of carbonyl (C=O) groups is 1. The molecular weight excluding hydrogens is 360 g/mol. The van der Waals surface area contributed by atoms with Crippen LogP contribution in [0.15, 0.2) is 52.8 Å². The van der Waals surface area contributed by atoms with E-state index >= 15 is 0 Å². The van der Waals surface area contributed by atoms with Gasteiger partial charge >= 0.3 is 0 Å². The molecule has 3 nitrogen and oxygen atoms in total. The Hall–Kier alpha value is -1.43. The van der Waals surface area contributed by atoms with Gasteiger partial charge < -0.3 is 10.2 Å². The Labute approximate surface area is 143 Å². The van der Waals surface area contributed by atoms with Crippen LogP contribution in [0.25, 0.3) is 0 Å². The third-order valence-corrected chi connectivity index (χ3v) is 4.94. The summed E-state index contributed by atoms with van der Waals surface area (Å²) in [6.45, 7) is 7.80. The average Bonchev–Trinajstić information content (AvgIpc) is 2.87. The molecule has 0 bridgehead atoms. The molecule has 116 valence electrons. The summed E-state index contributed by atoms with van der Waals surface area (Å²) >= 11 is 5.18. The minimum atomic E-state index is 0.0294. The van der Waals surface area contributed by atoms with Crippen LogP contribution in [0.5, 0.6) is 0 Å². The van der Waals surface area contributed by atoms with Crippen LogP contribution in [0.3, 0.4) is 0 Å². The lowest BCUT2D eigenvalue weighted by Crippen LogP contribution is -3.11. The van der Waals surface area contributed by atoms with Gasteiger partial charge in [0.15, 0.2) is 6.54 Å². The fourth-order valence-electron chi connectivity index (χ4n) is 2.24. The highest BCUT2D eigenvalue weighted by atomic mass is 79.9. The first-order chi connectivity index (χ1) is 10.6. The molecule has 0 spiro atoms. The third-order valence-electron chi connectivity index (χ3n) is 3.32. The zero-order valence-electron chi connectivity index (χ0n) is 12.6. The quantitative estimate of drug-likeness (QED) is 0.712. The van der Waals surface area contributed by atoms with Gasteiger partial charge in [0.05, 0.1) is 15.2 Å². The van der Waals surface area contributed by atoms with Crippen molar-refractivity contribution >= 4 is 38.9 Å². The van der Waals surface area contributed by atoms with Gasteiger partial charge in [0, 0.05) is 5.69 Å². The van der Waals surface area contributed by atoms with Crippen LogP contribution in [-0.2, 0) is 11.3 Å². The van der Waals surface area contributed by atoms with Crippen molar-refractivity contribution in [3.05, 3.63) is 63.3 Å². The summed E-state index contributed by atoms with van der Waals surface area (Å²) in [6, 6.07) is 12.0. The van der Waals surface area contributed by atoms with Crippen LogP contribution >= 0.6 is 27.3 Å². The summed E-state index contributed by atoms with van der Waals surface area (Å²) in [4.78, 5) is 14.7. The zero-order chi connectivity index (χ0) is 15.9. The Balaban J connectivity index is 1.96. The van der Waals surface area contributed by atoms with Crippen molar-refractivity contribution in [1.82, 2.24) is 0 Å². The monoisotopic (exact) mass is 379 g/mol. The molecule has 22 heavy (non-hydrogen) atoms. The summed E-state index contributed by atoms with van der Waals surface area (Å²) in [7, 11) is 0. The Morgan fingerprint density at radius 1 is 1.36 bits per heavy atom. The lowest BCUT2D eigenvalue weighted by molar-refractivity contribution is -0.899. The van der Waals surface area contributed by atoms with E-state index in [1.54, 1.807) is 11.3 Å². The number of amides is 1. The molecule has 2 aromatic rings. The van der Waals surface area contributed by atoms with Gasteiger partial charge in [-0.25, -0.2) is 0 Å². The Kier molecular flexibility index (Phi) is 6.36. The normalized spacial score (nSPS) is 11.9. The fraction of sp³-hybridized carbons (Fsp3) is 0.235. The molecule has 5 heteroatoms. The van der Waals surface area contributed by atoms with Gasteiger partial charge in [0.2, 0.25) is 0 Å². The van der Waals surface area contributed by atoms with Crippen LogP contribution in [0, 0.1) is 6.92 Å². The molecule has 1 unspecified atom stereocenters. The Morgan fingerprint density at radius 3 is 2.77 bits per heavy atom. The lowest BCUT2D eigenvalue weighted by atomic mass is 10.2. The number of thiophene rings is 1. The maximum absolute atomic E-state index is 12.3. The van der Waals surface area contributed by atoms with E-state index in [0.717, 1.165) is 28.1 Å². The van der Waals surface area contributed by atoms with E-state index in [0.29, 0.717) is 6.54 Å². The van der Waals surface area contributed by atoms with Crippen LogP contribution in [-0.4, -0.2) is 19.0 Å². The maximum Gasteiger partial charge on any atom is 0.279 e. The van der Waals surface area contributed by atoms with Crippen LogP contribution in [0.1, 0.15) is 10.4 Å². The van der Waals surface area contributed by atoms with Crippen LogP contribution in [0.2, 0.25) is 0 Å². The van der Waals surface area contributed by atoms with E-state index in [2.05, 4.69) is 33.9 Å². The number of benzene rings is 1. The molecule has 1 heterocycles. The van der Waals surface area contributed by atoms with Crippen LogP contribution < -0.4 is 10.2 Å². The average molecular weight is 380 g/mol. The van der Waals surface area contributed by atoms with Gasteiger partial charge in [-0.2, -0.15) is 0 Å². The number of hydrogen-bond acceptors (Lipinski definition) is 2. The van der Waals surface area contributed by atoms with E-state index in [4.69, 9.17) is 0 Å². The van der Waals surface area contributed by atoms with Gasteiger partial charge in [-0.1, -0.05) is 24.8 Å². The van der Waals surface area contributed by atoms with Gasteiger partial charge in [0.1, 0.15) is 6.54 Å². The smallest absolute Gasteiger partial charge is 0.279 e. The van der Waals surface area contributed by atoms with Gasteiger partial charge in [-0.3, -0.25) is 4.79 Å². The number of nitrogens with one attached hydrogen (secondary N) is 2. The summed E-state index contributed by atoms with van der Waals surface area (Å²) in [5.74, 6) is 0.0294. The topological polar surface area (TPSA) is 33.5 Å². The number of rotatable bonds is 7. The SMILES string of the molecule is C=CC[NH+](CC(=O)Nc1ccccc1C)Cc1ccc(Br)s1. The molecule has 0 fully saturated rings. The predicted molar refractivity (Wildman–Crippen MR) is 96.4 cm³/mol. The van der Waals surface area contributed by atoms with E-state index in [1.807, 2.05) is 43.3 Å².